The Bertz CT molecular complexity index is 1270. The van der Waals surface area contributed by atoms with E-state index in [1.54, 1.807) is 0 Å². The number of amides is 1. The van der Waals surface area contributed by atoms with Gasteiger partial charge in [0.1, 0.15) is 13.2 Å². The molecule has 0 aliphatic heterocycles. The normalized spacial score (nSPS) is 11.9. The van der Waals surface area contributed by atoms with Crippen LogP contribution in [0.3, 0.4) is 0 Å². The number of nitrogens with zero attached hydrogens (tertiary/aromatic N) is 4. The Morgan fingerprint density at radius 1 is 0.471 bits per heavy atom. The molecule has 0 radical (unpaired) electrons. The quantitative estimate of drug-likeness (QED) is 0.0141. The van der Waals surface area contributed by atoms with Crippen molar-refractivity contribution in [2.75, 3.05) is 106 Å². The number of allylic oxidation sites excluding steroid dienone is 2. The molecule has 0 aliphatic rings. The molecule has 0 saturated heterocycles. The van der Waals surface area contributed by atoms with Crippen LogP contribution in [-0.4, -0.2) is 134 Å². The molecular weight excluding hydrogens is 893 g/mol. The molecule has 408 valence electrons. The first kappa shape index (κ1) is 67.0. The molecule has 0 saturated carbocycles. The molecule has 1 atom stereocenters. The first-order valence-electron chi connectivity index (χ1n) is 27.9. The van der Waals surface area contributed by atoms with Crippen LogP contribution in [-0.2, 0) is 52.3 Å². The number of azide groups is 1. The fourth-order valence-electron chi connectivity index (χ4n) is 7.39. The molecule has 70 heavy (non-hydrogen) atoms. The number of rotatable bonds is 56. The van der Waals surface area contributed by atoms with Crippen LogP contribution < -0.4 is 0 Å². The van der Waals surface area contributed by atoms with Crippen molar-refractivity contribution >= 4 is 17.8 Å². The van der Waals surface area contributed by atoms with E-state index in [0.717, 1.165) is 96.3 Å². The summed E-state index contributed by atoms with van der Waals surface area (Å²) >= 11 is 0. The van der Waals surface area contributed by atoms with Gasteiger partial charge in [0.25, 0.3) is 5.91 Å². The average Bonchev–Trinajstić information content (AvgIpc) is 3.36. The zero-order chi connectivity index (χ0) is 50.9. The predicted octanol–water partition coefficient (Wildman–Crippen LogP) is 12.8. The van der Waals surface area contributed by atoms with Crippen LogP contribution in [0.1, 0.15) is 201 Å². The Labute approximate surface area is 425 Å². The van der Waals surface area contributed by atoms with Gasteiger partial charge in [-0.2, -0.15) is 0 Å². The third kappa shape index (κ3) is 49.9. The number of carbonyl (C=O) groups is 3. The average molecular weight is 995 g/mol. The summed E-state index contributed by atoms with van der Waals surface area (Å²) in [7, 11) is 0. The van der Waals surface area contributed by atoms with Crippen LogP contribution in [0.25, 0.3) is 10.4 Å². The first-order chi connectivity index (χ1) is 34.5. The largest absolute Gasteiger partial charge is 0.461 e. The Kier molecular flexibility index (Phi) is 54.4. The van der Waals surface area contributed by atoms with Crippen molar-refractivity contribution in [3.63, 3.8) is 0 Å². The van der Waals surface area contributed by atoms with Crippen molar-refractivity contribution in [1.29, 1.82) is 0 Å². The Hall–Kier alpha value is -3.04. The fourth-order valence-corrected chi connectivity index (χ4v) is 7.39. The van der Waals surface area contributed by atoms with E-state index < -0.39 is 6.10 Å². The minimum absolute atomic E-state index is 0.0634. The molecule has 15 nitrogen and oxygen atoms in total. The van der Waals surface area contributed by atoms with Crippen molar-refractivity contribution in [3.8, 4) is 0 Å². The number of esters is 2. The molecule has 0 fully saturated rings. The maximum atomic E-state index is 14.2. The Balaban J connectivity index is 4.94. The van der Waals surface area contributed by atoms with Crippen molar-refractivity contribution in [2.45, 2.75) is 207 Å². The van der Waals surface area contributed by atoms with Gasteiger partial charge in [-0.3, -0.25) is 14.4 Å². The van der Waals surface area contributed by atoms with E-state index in [0.29, 0.717) is 112 Å². The van der Waals surface area contributed by atoms with E-state index in [9.17, 15) is 14.4 Å². The number of hydrogen-bond acceptors (Lipinski definition) is 12. The van der Waals surface area contributed by atoms with Gasteiger partial charge < -0.3 is 42.8 Å². The number of ether oxygens (including phenoxy) is 8. The summed E-state index contributed by atoms with van der Waals surface area (Å²) in [5.74, 6) is -0.343. The van der Waals surface area contributed by atoms with Crippen molar-refractivity contribution in [1.82, 2.24) is 4.90 Å². The lowest BCUT2D eigenvalue weighted by atomic mass is 10.1. The highest BCUT2D eigenvalue weighted by atomic mass is 16.6. The zero-order valence-electron chi connectivity index (χ0n) is 44.8. The summed E-state index contributed by atoms with van der Waals surface area (Å²) in [5.41, 5.74) is 8.30. The number of carbonyl (C=O) groups excluding carboxylic acids is 3. The fraction of sp³-hybridized carbons (Fsp3) is 0.873. The van der Waals surface area contributed by atoms with Gasteiger partial charge in [-0.15, -0.1) is 0 Å². The van der Waals surface area contributed by atoms with E-state index in [4.69, 9.17) is 43.4 Å². The maximum Gasteiger partial charge on any atom is 0.306 e. The molecule has 0 aromatic rings. The zero-order valence-corrected chi connectivity index (χ0v) is 44.8. The molecule has 0 spiro atoms. The predicted molar refractivity (Wildman–Crippen MR) is 281 cm³/mol. The van der Waals surface area contributed by atoms with Crippen LogP contribution in [0.4, 0.5) is 0 Å². The maximum absolute atomic E-state index is 14.2. The molecule has 1 unspecified atom stereocenters. The molecule has 1 amide bonds. The van der Waals surface area contributed by atoms with Crippen LogP contribution >= 0.6 is 0 Å². The third-order valence-corrected chi connectivity index (χ3v) is 11.6. The summed E-state index contributed by atoms with van der Waals surface area (Å²) in [6.07, 6.45) is 36.1. The van der Waals surface area contributed by atoms with E-state index in [1.165, 1.54) is 70.6 Å². The molecule has 0 aliphatic carbocycles. The van der Waals surface area contributed by atoms with Crippen molar-refractivity contribution < 1.29 is 52.3 Å². The highest BCUT2D eigenvalue weighted by Crippen LogP contribution is 2.13. The van der Waals surface area contributed by atoms with Crippen LogP contribution in [0.5, 0.6) is 0 Å². The molecule has 15 heteroatoms. The second-order valence-corrected chi connectivity index (χ2v) is 18.0. The molecule has 0 heterocycles. The van der Waals surface area contributed by atoms with Crippen LogP contribution in [0.15, 0.2) is 29.4 Å². The standard InChI is InChI=1S/C55H102N4O11/c1-4-7-10-13-16-24-32-41-69-53(60)34-27-20-18-23-30-39-67-51-52(68-40-31-26-19-21-28-35-54(61)70-42-33-25-17-14-11-8-5-2)55(62)59(37-29-22-15-12-9-6-3)38-44-64-46-48-66-50-49-65-47-45-63-43-36-57-58-56/h24-25,32-33,52H,4-23,26-31,34-51H2,1-3H3/b32-24-,33-25-. The third-order valence-electron chi connectivity index (χ3n) is 11.6. The lowest BCUT2D eigenvalue weighted by Crippen LogP contribution is -2.45. The smallest absolute Gasteiger partial charge is 0.306 e. The molecule has 0 bridgehead atoms. The highest BCUT2D eigenvalue weighted by Gasteiger charge is 2.25. The summed E-state index contributed by atoms with van der Waals surface area (Å²) in [4.78, 5) is 43.1. The van der Waals surface area contributed by atoms with E-state index in [1.807, 2.05) is 17.1 Å². The first-order valence-corrected chi connectivity index (χ1v) is 27.9. The summed E-state index contributed by atoms with van der Waals surface area (Å²) in [6, 6.07) is 0. The molecule has 0 aromatic carbocycles. The lowest BCUT2D eigenvalue weighted by molar-refractivity contribution is -0.149. The second-order valence-electron chi connectivity index (χ2n) is 18.0. The van der Waals surface area contributed by atoms with Gasteiger partial charge in [-0.05, 0) is 63.3 Å². The molecule has 0 aromatic heterocycles. The topological polar surface area (TPSA) is 177 Å². The molecule has 0 N–H and O–H groups in total. The number of unbranched alkanes of at least 4 members (excludes halogenated alkanes) is 21. The summed E-state index contributed by atoms with van der Waals surface area (Å²) in [5, 5.41) is 3.42. The Morgan fingerprint density at radius 3 is 1.44 bits per heavy atom. The van der Waals surface area contributed by atoms with Crippen molar-refractivity contribution in [3.05, 3.63) is 34.7 Å². The monoisotopic (exact) mass is 995 g/mol. The lowest BCUT2D eigenvalue weighted by Gasteiger charge is -2.28. The van der Waals surface area contributed by atoms with Gasteiger partial charge in [-0.1, -0.05) is 159 Å². The second kappa shape index (κ2) is 56.9. The highest BCUT2D eigenvalue weighted by molar-refractivity contribution is 5.81. The van der Waals surface area contributed by atoms with Gasteiger partial charge in [0.05, 0.1) is 59.5 Å². The number of hydrogen-bond donors (Lipinski definition) is 0. The van der Waals surface area contributed by atoms with E-state index in [-0.39, 0.29) is 24.5 Å². The van der Waals surface area contributed by atoms with Gasteiger partial charge in [0.2, 0.25) is 0 Å². The Morgan fingerprint density at radius 2 is 0.914 bits per heavy atom. The minimum atomic E-state index is -0.707. The van der Waals surface area contributed by atoms with E-state index in [2.05, 4.69) is 42.9 Å². The van der Waals surface area contributed by atoms with Gasteiger partial charge in [0, 0.05) is 50.6 Å². The SMILES string of the molecule is CCCCCC/C=C\COC(=O)CCCCCCCOCC(OCCCCCCCC(=O)OC/C=C\CCCCCC)C(=O)N(CCCCCCCC)CCOCCOCCOCCOCCN=[N+]=[N-]. The minimum Gasteiger partial charge on any atom is -0.461 e. The van der Waals surface area contributed by atoms with Crippen LogP contribution in [0, 0.1) is 0 Å². The van der Waals surface area contributed by atoms with Gasteiger partial charge >= 0.3 is 11.9 Å². The van der Waals surface area contributed by atoms with E-state index >= 15 is 0 Å². The summed E-state index contributed by atoms with van der Waals surface area (Å²) in [6.45, 7) is 13.2. The van der Waals surface area contributed by atoms with Gasteiger partial charge in [0.15, 0.2) is 6.10 Å². The van der Waals surface area contributed by atoms with Crippen LogP contribution in [0.2, 0.25) is 0 Å². The van der Waals surface area contributed by atoms with Crippen molar-refractivity contribution in [2.24, 2.45) is 5.11 Å². The molecule has 0 rings (SSSR count). The molecular formula is C55H102N4O11. The van der Waals surface area contributed by atoms with Gasteiger partial charge in [-0.25, -0.2) is 0 Å². The summed E-state index contributed by atoms with van der Waals surface area (Å²) < 4.78 is 45.5.